The average molecular weight is 313 g/mol. The van der Waals surface area contributed by atoms with Crippen molar-refractivity contribution in [3.05, 3.63) is 87.1 Å². The van der Waals surface area contributed by atoms with E-state index < -0.39 is 0 Å². The van der Waals surface area contributed by atoms with Gasteiger partial charge in [-0.05, 0) is 23.3 Å². The highest BCUT2D eigenvalue weighted by Crippen LogP contribution is 2.13. The Hall–Kier alpha value is -2.66. The van der Waals surface area contributed by atoms with Crippen LogP contribution >= 0.6 is 11.6 Å². The summed E-state index contributed by atoms with van der Waals surface area (Å²) in [6.45, 7) is 0. The van der Waals surface area contributed by atoms with E-state index in [1.54, 1.807) is 12.3 Å². The van der Waals surface area contributed by atoms with Gasteiger partial charge >= 0.3 is 5.69 Å². The first-order chi connectivity index (χ1) is 10.7. The molecular formula is C16H13ClN4O. The van der Waals surface area contributed by atoms with Gasteiger partial charge in [0.2, 0.25) is 0 Å². The third kappa shape index (κ3) is 3.32. The molecule has 0 saturated carbocycles. The van der Waals surface area contributed by atoms with Crippen LogP contribution in [0.4, 0.5) is 0 Å². The van der Waals surface area contributed by atoms with Gasteiger partial charge in [-0.3, -0.25) is 0 Å². The fourth-order valence-electron chi connectivity index (χ4n) is 2.05. The normalized spacial score (nSPS) is 11.1. The van der Waals surface area contributed by atoms with E-state index >= 15 is 0 Å². The molecule has 0 spiro atoms. The molecule has 1 aromatic heterocycles. The number of H-pyrrole nitrogens is 1. The Balaban J connectivity index is 1.88. The van der Waals surface area contributed by atoms with Crippen LogP contribution in [0.5, 0.6) is 0 Å². The first kappa shape index (κ1) is 14.3. The van der Waals surface area contributed by atoms with Gasteiger partial charge < -0.3 is 0 Å². The van der Waals surface area contributed by atoms with Crippen molar-refractivity contribution in [3.63, 3.8) is 0 Å². The van der Waals surface area contributed by atoms with E-state index in [2.05, 4.69) is 15.3 Å². The van der Waals surface area contributed by atoms with Gasteiger partial charge in [0.15, 0.2) is 5.82 Å². The Labute approximate surface area is 131 Å². The first-order valence-electron chi connectivity index (χ1n) is 6.72. The van der Waals surface area contributed by atoms with Crippen LogP contribution in [0.3, 0.4) is 0 Å². The van der Waals surface area contributed by atoms with Gasteiger partial charge in [-0.15, -0.1) is 0 Å². The molecule has 0 amide bonds. The molecule has 0 fully saturated rings. The van der Waals surface area contributed by atoms with E-state index in [1.807, 2.05) is 48.5 Å². The molecule has 0 radical (unpaired) electrons. The summed E-state index contributed by atoms with van der Waals surface area (Å²) >= 11 is 5.97. The maximum atomic E-state index is 11.8. The molecule has 3 rings (SSSR count). The average Bonchev–Trinajstić information content (AvgIpc) is 2.86. The van der Waals surface area contributed by atoms with Crippen LogP contribution in [0.1, 0.15) is 17.0 Å². The molecule has 0 aliphatic rings. The molecule has 22 heavy (non-hydrogen) atoms. The number of hydrogen-bond acceptors (Lipinski definition) is 3. The first-order valence-corrected chi connectivity index (χ1v) is 7.10. The van der Waals surface area contributed by atoms with Gasteiger partial charge in [0.1, 0.15) is 0 Å². The molecule has 0 unspecified atom stereocenters. The molecule has 0 bridgehead atoms. The largest absolute Gasteiger partial charge is 0.364 e. The van der Waals surface area contributed by atoms with E-state index in [4.69, 9.17) is 11.6 Å². The van der Waals surface area contributed by atoms with Crippen molar-refractivity contribution in [3.8, 4) is 0 Å². The summed E-state index contributed by atoms with van der Waals surface area (Å²) in [6.07, 6.45) is 2.09. The molecule has 3 aromatic rings. The molecular weight excluding hydrogens is 300 g/mol. The van der Waals surface area contributed by atoms with Gasteiger partial charge in [0.05, 0.1) is 6.21 Å². The fraction of sp³-hybridized carbons (Fsp3) is 0.0625. The third-order valence-electron chi connectivity index (χ3n) is 3.09. The molecule has 6 heteroatoms. The summed E-state index contributed by atoms with van der Waals surface area (Å²) in [5.74, 6) is 0.527. The van der Waals surface area contributed by atoms with E-state index in [-0.39, 0.29) is 5.69 Å². The second-order valence-electron chi connectivity index (χ2n) is 4.72. The second-order valence-corrected chi connectivity index (χ2v) is 5.16. The van der Waals surface area contributed by atoms with E-state index in [0.29, 0.717) is 17.3 Å². The molecule has 0 aliphatic heterocycles. The van der Waals surface area contributed by atoms with Crippen molar-refractivity contribution < 1.29 is 0 Å². The van der Waals surface area contributed by atoms with Crippen molar-refractivity contribution in [1.29, 1.82) is 0 Å². The lowest BCUT2D eigenvalue weighted by Gasteiger charge is -2.01. The Morgan fingerprint density at radius 3 is 2.77 bits per heavy atom. The maximum absolute atomic E-state index is 11.8. The van der Waals surface area contributed by atoms with Gasteiger partial charge in [0, 0.05) is 11.4 Å². The Bertz CT molecular complexity index is 852. The van der Waals surface area contributed by atoms with E-state index in [9.17, 15) is 4.79 Å². The smallest absolute Gasteiger partial charge is 0.244 e. The molecule has 1 heterocycles. The zero-order chi connectivity index (χ0) is 15.4. The summed E-state index contributed by atoms with van der Waals surface area (Å²) in [4.78, 5) is 11.8. The standard InChI is InChI=1S/C16H13ClN4O/c17-14-8-4-7-13(9-14)10-15-19-20-16(22)21(15)18-11-12-5-2-1-3-6-12/h1-9,11H,10H2,(H,20,22). The Morgan fingerprint density at radius 1 is 1.18 bits per heavy atom. The minimum Gasteiger partial charge on any atom is -0.244 e. The minimum absolute atomic E-state index is 0.371. The van der Waals surface area contributed by atoms with Crippen molar-refractivity contribution in [2.75, 3.05) is 0 Å². The lowest BCUT2D eigenvalue weighted by atomic mass is 10.1. The highest BCUT2D eigenvalue weighted by atomic mass is 35.5. The van der Waals surface area contributed by atoms with Crippen molar-refractivity contribution in [2.24, 2.45) is 5.10 Å². The third-order valence-corrected chi connectivity index (χ3v) is 3.33. The molecule has 2 aromatic carbocycles. The highest BCUT2D eigenvalue weighted by Gasteiger charge is 2.08. The van der Waals surface area contributed by atoms with E-state index in [0.717, 1.165) is 11.1 Å². The van der Waals surface area contributed by atoms with Gasteiger partial charge in [-0.1, -0.05) is 54.1 Å². The number of halogens is 1. The highest BCUT2D eigenvalue weighted by molar-refractivity contribution is 6.30. The summed E-state index contributed by atoms with van der Waals surface area (Å²) in [6, 6.07) is 17.0. The predicted molar refractivity (Wildman–Crippen MR) is 86.5 cm³/mol. The summed E-state index contributed by atoms with van der Waals surface area (Å²) in [7, 11) is 0. The van der Waals surface area contributed by atoms with Gasteiger partial charge in [-0.25, -0.2) is 9.89 Å². The van der Waals surface area contributed by atoms with Crippen LogP contribution in [-0.4, -0.2) is 21.1 Å². The minimum atomic E-state index is -0.371. The van der Waals surface area contributed by atoms with Gasteiger partial charge in [-0.2, -0.15) is 14.9 Å². The maximum Gasteiger partial charge on any atom is 0.364 e. The fourth-order valence-corrected chi connectivity index (χ4v) is 2.26. The molecule has 5 nitrogen and oxygen atoms in total. The Kier molecular flexibility index (Phi) is 4.16. The lowest BCUT2D eigenvalue weighted by Crippen LogP contribution is -2.15. The van der Waals surface area contributed by atoms with Crippen molar-refractivity contribution >= 4 is 17.8 Å². The number of nitrogens with zero attached hydrogens (tertiary/aromatic N) is 3. The molecule has 0 atom stereocenters. The zero-order valence-electron chi connectivity index (χ0n) is 11.6. The quantitative estimate of drug-likeness (QED) is 0.753. The molecule has 1 N–H and O–H groups in total. The lowest BCUT2D eigenvalue weighted by molar-refractivity contribution is 0.775. The van der Waals surface area contributed by atoms with Crippen molar-refractivity contribution in [1.82, 2.24) is 14.9 Å². The van der Waals surface area contributed by atoms with Crippen LogP contribution < -0.4 is 5.69 Å². The number of aromatic nitrogens is 3. The monoisotopic (exact) mass is 312 g/mol. The van der Waals surface area contributed by atoms with E-state index in [1.165, 1.54) is 4.68 Å². The van der Waals surface area contributed by atoms with Crippen molar-refractivity contribution in [2.45, 2.75) is 6.42 Å². The molecule has 0 aliphatic carbocycles. The number of aromatic amines is 1. The summed E-state index contributed by atoms with van der Waals surface area (Å²) in [5.41, 5.74) is 1.50. The second kappa shape index (κ2) is 6.41. The topological polar surface area (TPSA) is 63.0 Å². The predicted octanol–water partition coefficient (Wildman–Crippen LogP) is 2.70. The summed E-state index contributed by atoms with van der Waals surface area (Å²) < 4.78 is 1.26. The molecule has 0 saturated heterocycles. The number of hydrogen-bond donors (Lipinski definition) is 1. The van der Waals surface area contributed by atoms with Crippen LogP contribution in [0.25, 0.3) is 0 Å². The van der Waals surface area contributed by atoms with Crippen LogP contribution in [-0.2, 0) is 6.42 Å². The van der Waals surface area contributed by atoms with Crippen LogP contribution in [0, 0.1) is 0 Å². The number of nitrogens with one attached hydrogen (secondary N) is 1. The zero-order valence-corrected chi connectivity index (χ0v) is 12.4. The SMILES string of the molecule is O=c1[nH]nc(Cc2cccc(Cl)c2)n1N=Cc1ccccc1. The van der Waals surface area contributed by atoms with Gasteiger partial charge in [0.25, 0.3) is 0 Å². The summed E-state index contributed by atoms with van der Waals surface area (Å²) in [5, 5.41) is 11.3. The van der Waals surface area contributed by atoms with Crippen LogP contribution in [0.15, 0.2) is 64.5 Å². The van der Waals surface area contributed by atoms with Crippen LogP contribution in [0.2, 0.25) is 5.02 Å². The molecule has 110 valence electrons. The Morgan fingerprint density at radius 2 is 2.00 bits per heavy atom. The number of rotatable bonds is 4. The number of benzene rings is 2.